The van der Waals surface area contributed by atoms with Crippen LogP contribution in [0.15, 0.2) is 84.0 Å². The number of halogens is 1. The van der Waals surface area contributed by atoms with E-state index in [1.54, 1.807) is 24.3 Å². The first-order valence-electron chi connectivity index (χ1n) is 10.6. The number of ether oxygens (including phenoxy) is 1. The number of carbonyl (C=O) groups excluding carboxylic acids is 2. The van der Waals surface area contributed by atoms with Crippen molar-refractivity contribution in [3.63, 3.8) is 0 Å². The van der Waals surface area contributed by atoms with E-state index in [0.29, 0.717) is 22.8 Å². The van der Waals surface area contributed by atoms with Crippen molar-refractivity contribution >= 4 is 29.2 Å². The predicted molar refractivity (Wildman–Crippen MR) is 128 cm³/mol. The van der Waals surface area contributed by atoms with E-state index in [1.165, 1.54) is 12.1 Å². The lowest BCUT2D eigenvalue weighted by atomic mass is 10.1. The van der Waals surface area contributed by atoms with Crippen LogP contribution in [0.1, 0.15) is 40.1 Å². The van der Waals surface area contributed by atoms with Crippen molar-refractivity contribution in [2.45, 2.75) is 19.6 Å². The minimum absolute atomic E-state index is 0.0960. The van der Waals surface area contributed by atoms with Gasteiger partial charge in [-0.3, -0.25) is 9.69 Å². The van der Waals surface area contributed by atoms with Crippen LogP contribution in [0.2, 0.25) is 5.02 Å². The second-order valence-corrected chi connectivity index (χ2v) is 8.24. The fraction of sp³-hybridized carbons (Fsp3) is 0.192. The van der Waals surface area contributed by atoms with Crippen molar-refractivity contribution < 1.29 is 14.3 Å². The van der Waals surface area contributed by atoms with Gasteiger partial charge in [-0.1, -0.05) is 66.2 Å². The highest BCUT2D eigenvalue weighted by molar-refractivity contribution is 6.30. The van der Waals surface area contributed by atoms with Crippen LogP contribution in [0.5, 0.6) is 0 Å². The highest BCUT2D eigenvalue weighted by atomic mass is 35.5. The summed E-state index contributed by atoms with van der Waals surface area (Å²) in [7, 11) is 1.35. The van der Waals surface area contributed by atoms with E-state index in [1.807, 2.05) is 61.5 Å². The van der Waals surface area contributed by atoms with Crippen LogP contribution in [-0.4, -0.2) is 41.2 Å². The molecule has 1 heterocycles. The molecule has 1 aliphatic rings. The predicted octanol–water partition coefficient (Wildman–Crippen LogP) is 4.89. The maximum Gasteiger partial charge on any atom is 0.337 e. The van der Waals surface area contributed by atoms with Gasteiger partial charge in [0.05, 0.1) is 24.9 Å². The summed E-state index contributed by atoms with van der Waals surface area (Å²) < 4.78 is 4.80. The molecule has 1 aliphatic heterocycles. The fourth-order valence-corrected chi connectivity index (χ4v) is 3.99. The second kappa shape index (κ2) is 9.98. The zero-order valence-electron chi connectivity index (χ0n) is 18.4. The van der Waals surface area contributed by atoms with E-state index >= 15 is 0 Å². The molecule has 3 aromatic rings. The van der Waals surface area contributed by atoms with Crippen LogP contribution < -0.4 is 0 Å². The summed E-state index contributed by atoms with van der Waals surface area (Å²) in [6, 6.07) is 24.4. The molecule has 33 heavy (non-hydrogen) atoms. The lowest BCUT2D eigenvalue weighted by Gasteiger charge is -2.28. The van der Waals surface area contributed by atoms with Crippen molar-refractivity contribution in [3.05, 3.63) is 106 Å². The lowest BCUT2D eigenvalue weighted by molar-refractivity contribution is -0.128. The van der Waals surface area contributed by atoms with Crippen molar-refractivity contribution in [2.75, 3.05) is 13.7 Å². The summed E-state index contributed by atoms with van der Waals surface area (Å²) in [5.41, 5.74) is 4.00. The van der Waals surface area contributed by atoms with Crippen LogP contribution in [0.25, 0.3) is 0 Å². The van der Waals surface area contributed by atoms with Crippen LogP contribution in [0.3, 0.4) is 0 Å². The molecule has 1 saturated heterocycles. The molecular weight excluding hydrogens is 438 g/mol. The molecule has 1 fully saturated rings. The number of carbonyl (C=O) groups is 2. The molecule has 4 rings (SSSR count). The van der Waals surface area contributed by atoms with Crippen LogP contribution in [-0.2, 0) is 16.1 Å². The normalized spacial score (nSPS) is 16.8. The smallest absolute Gasteiger partial charge is 0.337 e. The molecule has 0 saturated carbocycles. The van der Waals surface area contributed by atoms with Crippen LogP contribution in [0, 0.1) is 0 Å². The molecule has 6 nitrogen and oxygen atoms in total. The van der Waals surface area contributed by atoms with E-state index in [0.717, 1.165) is 16.7 Å². The molecule has 1 atom stereocenters. The van der Waals surface area contributed by atoms with Crippen LogP contribution in [0.4, 0.5) is 0 Å². The zero-order valence-corrected chi connectivity index (χ0v) is 19.2. The summed E-state index contributed by atoms with van der Waals surface area (Å²) in [5.74, 6) is -0.500. The number of rotatable bonds is 6. The minimum Gasteiger partial charge on any atom is -0.465 e. The van der Waals surface area contributed by atoms with Gasteiger partial charge in [-0.25, -0.2) is 9.80 Å². The number of benzene rings is 3. The highest BCUT2D eigenvalue weighted by Crippen LogP contribution is 2.33. The molecule has 0 radical (unpaired) electrons. The van der Waals surface area contributed by atoms with Gasteiger partial charge in [-0.2, -0.15) is 5.10 Å². The third-order valence-corrected chi connectivity index (χ3v) is 5.80. The fourth-order valence-electron chi connectivity index (χ4n) is 3.87. The molecule has 0 aromatic heterocycles. The second-order valence-electron chi connectivity index (χ2n) is 7.81. The Hall–Kier alpha value is -3.48. The average molecular weight is 462 g/mol. The first kappa shape index (κ1) is 22.7. The number of methoxy groups -OCH3 is 1. The summed E-state index contributed by atoms with van der Waals surface area (Å²) in [5, 5.41) is 6.87. The van der Waals surface area contributed by atoms with Gasteiger partial charge < -0.3 is 4.74 Å². The topological polar surface area (TPSA) is 62.2 Å². The first-order valence-corrected chi connectivity index (χ1v) is 10.9. The Morgan fingerprint density at radius 3 is 2.27 bits per heavy atom. The molecule has 0 N–H and O–H groups in total. The molecule has 1 amide bonds. The van der Waals surface area contributed by atoms with Gasteiger partial charge in [-0.15, -0.1) is 0 Å². The number of amides is 1. The molecule has 168 valence electrons. The summed E-state index contributed by atoms with van der Waals surface area (Å²) >= 11 is 6.01. The Morgan fingerprint density at radius 1 is 1.00 bits per heavy atom. The van der Waals surface area contributed by atoms with Gasteiger partial charge in [-0.05, 0) is 47.9 Å². The van der Waals surface area contributed by atoms with Gasteiger partial charge in [0.2, 0.25) is 0 Å². The molecule has 7 heteroatoms. The Labute approximate surface area is 198 Å². The Kier molecular flexibility index (Phi) is 6.87. The van der Waals surface area contributed by atoms with Crippen LogP contribution >= 0.6 is 11.6 Å². The minimum atomic E-state index is -0.411. The van der Waals surface area contributed by atoms with Gasteiger partial charge in [0.15, 0.2) is 0 Å². The lowest BCUT2D eigenvalue weighted by Crippen LogP contribution is -2.29. The SMILES string of the molecule is COC(=O)c1ccc([C@@H]2N(Cc3ccccc3)CC(=O)N2/N=C(/C)c2ccc(Cl)cc2)cc1. The summed E-state index contributed by atoms with van der Waals surface area (Å²) in [6.07, 6.45) is -0.411. The first-order chi connectivity index (χ1) is 16.0. The molecule has 0 unspecified atom stereocenters. The van der Waals surface area contributed by atoms with E-state index in [2.05, 4.69) is 4.90 Å². The van der Waals surface area contributed by atoms with Gasteiger partial charge in [0, 0.05) is 11.6 Å². The quantitative estimate of drug-likeness (QED) is 0.387. The van der Waals surface area contributed by atoms with Crippen molar-refractivity contribution in [1.82, 2.24) is 9.91 Å². The molecule has 0 bridgehead atoms. The van der Waals surface area contributed by atoms with E-state index in [9.17, 15) is 9.59 Å². The number of hydrazone groups is 1. The van der Waals surface area contributed by atoms with E-state index in [-0.39, 0.29) is 12.5 Å². The van der Waals surface area contributed by atoms with E-state index < -0.39 is 12.1 Å². The third kappa shape index (κ3) is 5.13. The summed E-state index contributed by atoms with van der Waals surface area (Å²) in [6.45, 7) is 2.69. The molecule has 0 spiro atoms. The Balaban J connectivity index is 1.70. The average Bonchev–Trinajstić information content (AvgIpc) is 3.13. The number of esters is 1. The standard InChI is InChI=1S/C26H24ClN3O3/c1-18(20-12-14-23(27)15-13-20)28-30-24(31)17-29(16-19-6-4-3-5-7-19)25(30)21-8-10-22(11-9-21)26(32)33-2/h3-15,25H,16-17H2,1-2H3/b28-18-/t25-/m1/s1. The summed E-state index contributed by atoms with van der Waals surface area (Å²) in [4.78, 5) is 27.0. The van der Waals surface area contributed by atoms with Crippen molar-refractivity contribution in [3.8, 4) is 0 Å². The largest absolute Gasteiger partial charge is 0.465 e. The maximum atomic E-state index is 13.1. The molecule has 0 aliphatic carbocycles. The zero-order chi connectivity index (χ0) is 23.4. The van der Waals surface area contributed by atoms with Crippen molar-refractivity contribution in [1.29, 1.82) is 0 Å². The molecule has 3 aromatic carbocycles. The monoisotopic (exact) mass is 461 g/mol. The van der Waals surface area contributed by atoms with Crippen molar-refractivity contribution in [2.24, 2.45) is 5.10 Å². The third-order valence-electron chi connectivity index (χ3n) is 5.55. The van der Waals surface area contributed by atoms with Gasteiger partial charge in [0.25, 0.3) is 5.91 Å². The number of hydrogen-bond donors (Lipinski definition) is 0. The van der Waals surface area contributed by atoms with Gasteiger partial charge >= 0.3 is 5.97 Å². The Bertz CT molecular complexity index is 1160. The van der Waals surface area contributed by atoms with E-state index in [4.69, 9.17) is 21.4 Å². The number of hydrogen-bond acceptors (Lipinski definition) is 5. The highest BCUT2D eigenvalue weighted by Gasteiger charge is 2.39. The van der Waals surface area contributed by atoms with Gasteiger partial charge in [0.1, 0.15) is 6.17 Å². The molecular formula is C26H24ClN3O3. The maximum absolute atomic E-state index is 13.1. The Morgan fingerprint density at radius 2 is 1.64 bits per heavy atom. The number of nitrogens with zero attached hydrogens (tertiary/aromatic N) is 3.